The van der Waals surface area contributed by atoms with Crippen molar-refractivity contribution < 1.29 is 18.0 Å². The summed E-state index contributed by atoms with van der Waals surface area (Å²) in [7, 11) is 0. The summed E-state index contributed by atoms with van der Waals surface area (Å²) in [5.74, 6) is -1.71. The predicted molar refractivity (Wildman–Crippen MR) is 78.0 cm³/mol. The highest BCUT2D eigenvalue weighted by Crippen LogP contribution is 2.31. The molecule has 0 saturated heterocycles. The molecule has 0 bridgehead atoms. The minimum absolute atomic E-state index is 0.274. The summed E-state index contributed by atoms with van der Waals surface area (Å²) in [4.78, 5) is 22.4. The van der Waals surface area contributed by atoms with Crippen molar-refractivity contribution in [3.8, 4) is 0 Å². The lowest BCUT2D eigenvalue weighted by molar-refractivity contribution is -0.142. The topological polar surface area (TPSA) is 112 Å². The van der Waals surface area contributed by atoms with Crippen molar-refractivity contribution in [2.24, 2.45) is 5.73 Å². The zero-order chi connectivity index (χ0) is 17.5. The largest absolute Gasteiger partial charge is 0.435 e. The maximum atomic E-state index is 13.2. The molecule has 3 aromatic heterocycles. The Morgan fingerprint density at radius 1 is 1.21 bits per heavy atom. The van der Waals surface area contributed by atoms with E-state index < -0.39 is 35.0 Å². The van der Waals surface area contributed by atoms with Crippen LogP contribution in [0.5, 0.6) is 0 Å². The molecule has 24 heavy (non-hydrogen) atoms. The molecule has 0 aliphatic rings. The smallest absolute Gasteiger partial charge is 0.382 e. The van der Waals surface area contributed by atoms with Gasteiger partial charge in [0.25, 0.3) is 5.91 Å². The number of carbonyl (C=O) groups excluding carboxylic acids is 1. The standard InChI is InChI=1S/C14H11F3N6O/c15-14(16,17)11-8(21-10(13(19)24)12(18)22-11)5-7-6-23-4-2-1-3-9(23)20-7/h1-4,6H,5H2,(H2,18,22)(H2,19,24). The highest BCUT2D eigenvalue weighted by atomic mass is 19.4. The third kappa shape index (κ3) is 2.85. The van der Waals surface area contributed by atoms with E-state index in [2.05, 4.69) is 15.0 Å². The number of primary amides is 1. The maximum Gasteiger partial charge on any atom is 0.435 e. The van der Waals surface area contributed by atoms with Crippen molar-refractivity contribution in [3.63, 3.8) is 0 Å². The number of amides is 1. The van der Waals surface area contributed by atoms with Crippen LogP contribution in [0.15, 0.2) is 30.6 Å². The van der Waals surface area contributed by atoms with Gasteiger partial charge in [-0.1, -0.05) is 6.07 Å². The Hall–Kier alpha value is -3.17. The van der Waals surface area contributed by atoms with Gasteiger partial charge in [0.2, 0.25) is 0 Å². The molecular formula is C14H11F3N6O. The molecule has 0 atom stereocenters. The summed E-state index contributed by atoms with van der Waals surface area (Å²) < 4.78 is 41.2. The van der Waals surface area contributed by atoms with Crippen LogP contribution >= 0.6 is 0 Å². The monoisotopic (exact) mass is 336 g/mol. The van der Waals surface area contributed by atoms with Gasteiger partial charge in [0, 0.05) is 18.8 Å². The molecule has 0 aliphatic heterocycles. The van der Waals surface area contributed by atoms with Crippen LogP contribution in [0.4, 0.5) is 19.0 Å². The molecule has 0 radical (unpaired) electrons. The summed E-state index contributed by atoms with van der Waals surface area (Å²) in [5.41, 5.74) is 9.10. The average molecular weight is 336 g/mol. The van der Waals surface area contributed by atoms with Gasteiger partial charge < -0.3 is 15.9 Å². The molecule has 0 fully saturated rings. The number of nitrogens with two attached hydrogens (primary N) is 2. The van der Waals surface area contributed by atoms with Crippen LogP contribution in [0.25, 0.3) is 5.65 Å². The van der Waals surface area contributed by atoms with E-state index in [-0.39, 0.29) is 6.42 Å². The fourth-order valence-electron chi connectivity index (χ4n) is 2.26. The Labute approximate surface area is 133 Å². The SMILES string of the molecule is NC(=O)c1nc(Cc2cn3ccccc3n2)c(C(F)(F)F)nc1N. The lowest BCUT2D eigenvalue weighted by Crippen LogP contribution is -2.22. The van der Waals surface area contributed by atoms with E-state index in [9.17, 15) is 18.0 Å². The summed E-state index contributed by atoms with van der Waals surface area (Å²) in [6, 6.07) is 5.22. The van der Waals surface area contributed by atoms with Gasteiger partial charge in [0.15, 0.2) is 17.2 Å². The van der Waals surface area contributed by atoms with Crippen molar-refractivity contribution in [2.75, 3.05) is 5.73 Å². The van der Waals surface area contributed by atoms with Gasteiger partial charge in [-0.25, -0.2) is 15.0 Å². The van der Waals surface area contributed by atoms with Gasteiger partial charge in [-0.3, -0.25) is 4.79 Å². The van der Waals surface area contributed by atoms with Crippen LogP contribution in [0.3, 0.4) is 0 Å². The highest BCUT2D eigenvalue weighted by molar-refractivity contribution is 5.95. The minimum atomic E-state index is -4.77. The van der Waals surface area contributed by atoms with Gasteiger partial charge in [-0.05, 0) is 12.1 Å². The molecule has 0 spiro atoms. The summed E-state index contributed by atoms with van der Waals surface area (Å²) in [5, 5.41) is 0. The van der Waals surface area contributed by atoms with Crippen molar-refractivity contribution in [2.45, 2.75) is 12.6 Å². The molecule has 3 aromatic rings. The number of hydrogen-bond acceptors (Lipinski definition) is 5. The number of pyridine rings is 1. The van der Waals surface area contributed by atoms with Crippen LogP contribution in [0.2, 0.25) is 0 Å². The number of fused-ring (bicyclic) bond motifs is 1. The third-order valence-corrected chi connectivity index (χ3v) is 3.26. The number of carbonyl (C=O) groups is 1. The molecule has 0 aromatic carbocycles. The first-order valence-corrected chi connectivity index (χ1v) is 6.71. The van der Waals surface area contributed by atoms with Crippen LogP contribution in [0, 0.1) is 0 Å². The van der Waals surface area contributed by atoms with Crippen molar-refractivity contribution in [1.29, 1.82) is 0 Å². The van der Waals surface area contributed by atoms with E-state index in [0.29, 0.717) is 11.3 Å². The van der Waals surface area contributed by atoms with E-state index >= 15 is 0 Å². The lowest BCUT2D eigenvalue weighted by atomic mass is 10.1. The molecule has 124 valence electrons. The summed E-state index contributed by atoms with van der Waals surface area (Å²) in [6.07, 6.45) is -1.77. The first-order chi connectivity index (χ1) is 11.3. The molecule has 0 unspecified atom stereocenters. The van der Waals surface area contributed by atoms with Gasteiger partial charge in [-0.15, -0.1) is 0 Å². The fraction of sp³-hybridized carbons (Fsp3) is 0.143. The van der Waals surface area contributed by atoms with E-state index in [0.717, 1.165) is 0 Å². The number of alkyl halides is 3. The van der Waals surface area contributed by atoms with E-state index in [4.69, 9.17) is 11.5 Å². The molecule has 3 rings (SSSR count). The van der Waals surface area contributed by atoms with Crippen LogP contribution in [-0.4, -0.2) is 25.3 Å². The first-order valence-electron chi connectivity index (χ1n) is 6.71. The lowest BCUT2D eigenvalue weighted by Gasteiger charge is -2.12. The second-order valence-electron chi connectivity index (χ2n) is 4.99. The zero-order valence-corrected chi connectivity index (χ0v) is 12.1. The van der Waals surface area contributed by atoms with Gasteiger partial charge >= 0.3 is 6.18 Å². The highest BCUT2D eigenvalue weighted by Gasteiger charge is 2.37. The molecule has 0 saturated carbocycles. The fourth-order valence-corrected chi connectivity index (χ4v) is 2.26. The Balaban J connectivity index is 2.10. The molecule has 4 N–H and O–H groups in total. The van der Waals surface area contributed by atoms with Crippen molar-refractivity contribution in [3.05, 3.63) is 53.4 Å². The second-order valence-corrected chi connectivity index (χ2v) is 4.99. The number of rotatable bonds is 3. The molecule has 10 heteroatoms. The second kappa shape index (κ2) is 5.48. The molecular weight excluding hydrogens is 325 g/mol. The summed E-state index contributed by atoms with van der Waals surface area (Å²) in [6.45, 7) is 0. The van der Waals surface area contributed by atoms with Gasteiger partial charge in [-0.2, -0.15) is 13.2 Å². The number of nitrogen functional groups attached to an aromatic ring is 1. The van der Waals surface area contributed by atoms with Crippen LogP contribution in [0.1, 0.15) is 27.6 Å². The minimum Gasteiger partial charge on any atom is -0.382 e. The Morgan fingerprint density at radius 2 is 1.96 bits per heavy atom. The van der Waals surface area contributed by atoms with E-state index in [1.807, 2.05) is 0 Å². The van der Waals surface area contributed by atoms with Crippen molar-refractivity contribution in [1.82, 2.24) is 19.4 Å². The molecule has 1 amide bonds. The quantitative estimate of drug-likeness (QED) is 0.751. The van der Waals surface area contributed by atoms with Crippen LogP contribution < -0.4 is 11.5 Å². The van der Waals surface area contributed by atoms with E-state index in [1.54, 1.807) is 35.0 Å². The van der Waals surface area contributed by atoms with Crippen LogP contribution in [-0.2, 0) is 12.6 Å². The Bertz CT molecular complexity index is 901. The number of imidazole rings is 1. The van der Waals surface area contributed by atoms with Gasteiger partial charge in [0.1, 0.15) is 5.65 Å². The van der Waals surface area contributed by atoms with Gasteiger partial charge in [0.05, 0.1) is 11.4 Å². The Kier molecular flexibility index (Phi) is 3.59. The molecule has 3 heterocycles. The molecule has 0 aliphatic carbocycles. The number of aromatic nitrogens is 4. The zero-order valence-electron chi connectivity index (χ0n) is 12.1. The van der Waals surface area contributed by atoms with E-state index in [1.165, 1.54) is 0 Å². The maximum absolute atomic E-state index is 13.2. The number of hydrogen-bond donors (Lipinski definition) is 2. The number of anilines is 1. The van der Waals surface area contributed by atoms with Crippen molar-refractivity contribution >= 4 is 17.4 Å². The normalized spacial score (nSPS) is 11.8. The Morgan fingerprint density at radius 3 is 2.58 bits per heavy atom. The molecule has 7 nitrogen and oxygen atoms in total. The third-order valence-electron chi connectivity index (χ3n) is 3.26. The average Bonchev–Trinajstić information content (AvgIpc) is 2.89. The number of halogens is 3. The first kappa shape index (κ1) is 15.7. The predicted octanol–water partition coefficient (Wildman–Crippen LogP) is 1.42. The number of nitrogens with zero attached hydrogens (tertiary/aromatic N) is 4. The summed E-state index contributed by atoms with van der Waals surface area (Å²) >= 11 is 0.